The van der Waals surface area contributed by atoms with E-state index in [1.165, 1.54) is 0 Å². The Kier molecular flexibility index (Phi) is 2.63. The molecular formula is C10H19N2O2. The van der Waals surface area contributed by atoms with Crippen molar-refractivity contribution in [3.05, 3.63) is 0 Å². The van der Waals surface area contributed by atoms with Crippen LogP contribution in [0.2, 0.25) is 0 Å². The van der Waals surface area contributed by atoms with Crippen LogP contribution in [0.25, 0.3) is 0 Å². The van der Waals surface area contributed by atoms with Gasteiger partial charge in [-0.2, -0.15) is 0 Å². The van der Waals surface area contributed by atoms with E-state index in [9.17, 15) is 5.21 Å². The third-order valence-electron chi connectivity index (χ3n) is 3.37. The molecule has 4 heteroatoms. The summed E-state index contributed by atoms with van der Waals surface area (Å²) in [6, 6.07) is 0. The van der Waals surface area contributed by atoms with E-state index in [4.69, 9.17) is 5.21 Å². The van der Waals surface area contributed by atoms with Crippen molar-refractivity contribution in [3.8, 4) is 0 Å². The highest BCUT2D eigenvalue weighted by Crippen LogP contribution is 2.39. The van der Waals surface area contributed by atoms with Gasteiger partial charge in [0, 0.05) is 17.9 Å². The molecule has 0 spiro atoms. The molecule has 0 aliphatic carbocycles. The first-order valence-electron chi connectivity index (χ1n) is 4.92. The fourth-order valence-corrected chi connectivity index (χ4v) is 2.15. The second-order valence-corrected chi connectivity index (χ2v) is 5.25. The number of piperidine rings is 1. The van der Waals surface area contributed by atoms with Gasteiger partial charge in [0.1, 0.15) is 0 Å². The lowest BCUT2D eigenvalue weighted by Crippen LogP contribution is -2.62. The second kappa shape index (κ2) is 3.21. The summed E-state index contributed by atoms with van der Waals surface area (Å²) in [7, 11) is 0. The van der Waals surface area contributed by atoms with E-state index in [1.54, 1.807) is 0 Å². The van der Waals surface area contributed by atoms with Gasteiger partial charge in [-0.15, -0.1) is 10.3 Å². The minimum absolute atomic E-state index is 0.0157. The lowest BCUT2D eigenvalue weighted by Gasteiger charge is -2.50. The van der Waals surface area contributed by atoms with Crippen LogP contribution in [0.3, 0.4) is 0 Å². The maximum atomic E-state index is 12.0. The van der Waals surface area contributed by atoms with Gasteiger partial charge in [-0.1, -0.05) is 12.1 Å². The minimum atomic E-state index is -0.511. The Hall–Kier alpha value is -0.610. The third kappa shape index (κ3) is 1.53. The summed E-state index contributed by atoms with van der Waals surface area (Å²) in [5.41, 5.74) is -0.284. The van der Waals surface area contributed by atoms with Gasteiger partial charge in [0.05, 0.1) is 11.3 Å². The summed E-state index contributed by atoms with van der Waals surface area (Å²) in [5.74, 6) is -0.0157. The zero-order valence-corrected chi connectivity index (χ0v) is 9.53. The van der Waals surface area contributed by atoms with Gasteiger partial charge < -0.3 is 5.21 Å². The van der Waals surface area contributed by atoms with Crippen molar-refractivity contribution in [3.63, 3.8) is 0 Å². The highest BCUT2D eigenvalue weighted by Gasteiger charge is 2.49. The average molecular weight is 199 g/mol. The summed E-state index contributed by atoms with van der Waals surface area (Å²) in [4.78, 5) is 0. The van der Waals surface area contributed by atoms with E-state index in [-0.39, 0.29) is 5.92 Å². The molecule has 1 rings (SSSR count). The van der Waals surface area contributed by atoms with E-state index in [2.05, 4.69) is 5.16 Å². The van der Waals surface area contributed by atoms with Crippen LogP contribution in [-0.2, 0) is 5.21 Å². The van der Waals surface area contributed by atoms with Crippen molar-refractivity contribution in [1.82, 2.24) is 5.06 Å². The van der Waals surface area contributed by atoms with Crippen LogP contribution in [0.5, 0.6) is 0 Å². The zero-order chi connectivity index (χ0) is 11.1. The fourth-order valence-electron chi connectivity index (χ4n) is 2.15. The molecule has 1 atom stereocenters. The van der Waals surface area contributed by atoms with Crippen molar-refractivity contribution < 1.29 is 10.4 Å². The number of hydrogen-bond donors (Lipinski definition) is 1. The van der Waals surface area contributed by atoms with Gasteiger partial charge >= 0.3 is 0 Å². The van der Waals surface area contributed by atoms with Gasteiger partial charge in [-0.3, -0.25) is 0 Å². The lowest BCUT2D eigenvalue weighted by molar-refractivity contribution is -0.283. The topological polar surface area (TPSA) is 55.7 Å². The molecule has 0 saturated carbocycles. The van der Waals surface area contributed by atoms with Crippen LogP contribution >= 0.6 is 0 Å². The van der Waals surface area contributed by atoms with Gasteiger partial charge in [-0.05, 0) is 27.7 Å². The van der Waals surface area contributed by atoms with Gasteiger partial charge in [-0.25, -0.2) is 0 Å². The molecule has 0 aromatic rings. The zero-order valence-electron chi connectivity index (χ0n) is 9.53. The highest BCUT2D eigenvalue weighted by molar-refractivity contribution is 5.88. The monoisotopic (exact) mass is 199 g/mol. The molecule has 14 heavy (non-hydrogen) atoms. The molecule has 0 amide bonds. The number of nitrogens with zero attached hydrogens (tertiary/aromatic N) is 2. The Morgan fingerprint density at radius 2 is 1.93 bits per heavy atom. The number of oxime groups is 1. The Morgan fingerprint density at radius 3 is 2.36 bits per heavy atom. The first-order chi connectivity index (χ1) is 6.23. The van der Waals surface area contributed by atoms with Crippen LogP contribution in [0, 0.1) is 5.92 Å². The summed E-state index contributed by atoms with van der Waals surface area (Å²) < 4.78 is 0. The van der Waals surface area contributed by atoms with Crippen LogP contribution < -0.4 is 0 Å². The van der Waals surface area contributed by atoms with Gasteiger partial charge in [0.25, 0.3) is 0 Å². The molecule has 81 valence electrons. The molecular weight excluding hydrogens is 180 g/mol. The third-order valence-corrected chi connectivity index (χ3v) is 3.37. The molecule has 1 unspecified atom stereocenters. The predicted octanol–water partition coefficient (Wildman–Crippen LogP) is 2.06. The van der Waals surface area contributed by atoms with Crippen molar-refractivity contribution in [2.24, 2.45) is 11.1 Å². The van der Waals surface area contributed by atoms with E-state index in [0.717, 1.165) is 5.06 Å². The van der Waals surface area contributed by atoms with Crippen LogP contribution in [0.4, 0.5) is 0 Å². The Labute approximate surface area is 85.2 Å². The number of rotatable bonds is 0. The van der Waals surface area contributed by atoms with E-state index in [0.29, 0.717) is 12.1 Å². The van der Waals surface area contributed by atoms with E-state index >= 15 is 0 Å². The maximum Gasteiger partial charge on any atom is 0.0637 e. The number of hydroxylamine groups is 2. The SMILES string of the molecule is CC1/C(=N\O)CC(C)(C)N([O])C1(C)C. The summed E-state index contributed by atoms with van der Waals surface area (Å²) >= 11 is 0. The second-order valence-electron chi connectivity index (χ2n) is 5.25. The molecule has 0 aromatic heterocycles. The molecule has 1 N–H and O–H groups in total. The van der Waals surface area contributed by atoms with Crippen molar-refractivity contribution >= 4 is 5.71 Å². The normalized spacial score (nSPS) is 34.7. The van der Waals surface area contributed by atoms with Gasteiger partial charge in [0.2, 0.25) is 0 Å². The molecule has 0 bridgehead atoms. The largest absolute Gasteiger partial charge is 0.411 e. The summed E-state index contributed by atoms with van der Waals surface area (Å²) in [6.45, 7) is 9.44. The first kappa shape index (κ1) is 11.5. The molecule has 1 radical (unpaired) electrons. The standard InChI is InChI=1S/C10H19N2O2/c1-7-8(11-13)6-9(2,3)12(14)10(7,4)5/h7,13H,6H2,1-5H3/b11-8-. The molecule has 4 nitrogen and oxygen atoms in total. The lowest BCUT2D eigenvalue weighted by atomic mass is 9.73. The quantitative estimate of drug-likeness (QED) is 0.479. The predicted molar refractivity (Wildman–Crippen MR) is 53.7 cm³/mol. The number of hydrogen-bond acceptors (Lipinski definition) is 3. The Balaban J connectivity index is 3.09. The highest BCUT2D eigenvalue weighted by atomic mass is 16.5. The fraction of sp³-hybridized carbons (Fsp3) is 0.900. The van der Waals surface area contributed by atoms with Crippen molar-refractivity contribution in [2.75, 3.05) is 0 Å². The molecule has 1 fully saturated rings. The molecule has 1 saturated heterocycles. The first-order valence-corrected chi connectivity index (χ1v) is 4.92. The molecule has 1 aliphatic rings. The van der Waals surface area contributed by atoms with Crippen LogP contribution in [0.1, 0.15) is 41.0 Å². The minimum Gasteiger partial charge on any atom is -0.411 e. The maximum absolute atomic E-state index is 12.0. The Bertz CT molecular complexity index is 259. The van der Waals surface area contributed by atoms with Gasteiger partial charge in [0.15, 0.2) is 0 Å². The summed E-state index contributed by atoms with van der Waals surface area (Å²) in [6.07, 6.45) is 0.525. The van der Waals surface area contributed by atoms with E-state index in [1.807, 2.05) is 34.6 Å². The van der Waals surface area contributed by atoms with Crippen molar-refractivity contribution in [1.29, 1.82) is 0 Å². The van der Waals surface area contributed by atoms with E-state index < -0.39 is 11.1 Å². The smallest absolute Gasteiger partial charge is 0.0637 e. The summed E-state index contributed by atoms with van der Waals surface area (Å²) in [5, 5.41) is 25.3. The Morgan fingerprint density at radius 1 is 1.43 bits per heavy atom. The molecule has 1 heterocycles. The van der Waals surface area contributed by atoms with Crippen molar-refractivity contribution in [2.45, 2.75) is 52.1 Å². The van der Waals surface area contributed by atoms with Crippen LogP contribution in [0.15, 0.2) is 5.16 Å². The average Bonchev–Trinajstić information content (AvgIpc) is 2.09. The molecule has 1 aliphatic heterocycles. The van der Waals surface area contributed by atoms with Crippen LogP contribution in [-0.4, -0.2) is 27.1 Å². The molecule has 0 aromatic carbocycles.